The first kappa shape index (κ1) is 14.0. The number of thioether (sulfide) groups is 1. The van der Waals surface area contributed by atoms with Gasteiger partial charge in [-0.15, -0.1) is 11.8 Å². The molecule has 0 radical (unpaired) electrons. The highest BCUT2D eigenvalue weighted by Crippen LogP contribution is 2.34. The number of hydrogen-bond acceptors (Lipinski definition) is 6. The van der Waals surface area contributed by atoms with Crippen molar-refractivity contribution < 1.29 is 0 Å². The zero-order chi connectivity index (χ0) is 13.0. The van der Waals surface area contributed by atoms with Crippen molar-refractivity contribution >= 4 is 34.1 Å². The Bertz CT molecular complexity index is 372. The first-order valence-electron chi connectivity index (χ1n) is 6.50. The second-order valence-electron chi connectivity index (χ2n) is 4.69. The van der Waals surface area contributed by atoms with Crippen molar-refractivity contribution in [1.82, 2.24) is 9.27 Å². The molecule has 6 heteroatoms. The second-order valence-corrected chi connectivity index (χ2v) is 6.28. The standard InChI is InChI=1S/C12H22N4S2/c1-3-16-6-4-9(5-7-16)8-14-12-10(17-2)11(13)15-18-12/h9,14H,3-8H2,1-2H3,(H2,13,15). The fourth-order valence-corrected chi connectivity index (χ4v) is 3.90. The molecule has 2 rings (SSSR count). The summed E-state index contributed by atoms with van der Waals surface area (Å²) in [6.07, 6.45) is 4.64. The predicted molar refractivity (Wildman–Crippen MR) is 81.6 cm³/mol. The van der Waals surface area contributed by atoms with Gasteiger partial charge in [-0.1, -0.05) is 6.92 Å². The molecule has 18 heavy (non-hydrogen) atoms. The number of nitrogens with two attached hydrogens (primary N) is 1. The number of nitrogens with zero attached hydrogens (tertiary/aromatic N) is 2. The number of likely N-dealkylation sites (tertiary alicyclic amines) is 1. The summed E-state index contributed by atoms with van der Waals surface area (Å²) in [6, 6.07) is 0. The van der Waals surface area contributed by atoms with Crippen LogP contribution in [-0.2, 0) is 0 Å². The van der Waals surface area contributed by atoms with E-state index in [0.717, 1.165) is 22.4 Å². The van der Waals surface area contributed by atoms with E-state index in [2.05, 4.69) is 21.5 Å². The highest BCUT2D eigenvalue weighted by molar-refractivity contribution is 7.99. The van der Waals surface area contributed by atoms with Crippen LogP contribution in [0.15, 0.2) is 4.90 Å². The van der Waals surface area contributed by atoms with Crippen LogP contribution in [0.5, 0.6) is 0 Å². The van der Waals surface area contributed by atoms with E-state index < -0.39 is 0 Å². The van der Waals surface area contributed by atoms with Gasteiger partial charge in [0.15, 0.2) is 5.82 Å². The lowest BCUT2D eigenvalue weighted by atomic mass is 9.97. The minimum absolute atomic E-state index is 0.663. The third kappa shape index (κ3) is 3.30. The smallest absolute Gasteiger partial charge is 0.153 e. The van der Waals surface area contributed by atoms with E-state index in [1.54, 1.807) is 11.8 Å². The first-order chi connectivity index (χ1) is 8.74. The van der Waals surface area contributed by atoms with E-state index >= 15 is 0 Å². The molecule has 1 aromatic rings. The minimum Gasteiger partial charge on any atom is -0.382 e. The van der Waals surface area contributed by atoms with Gasteiger partial charge in [0.25, 0.3) is 0 Å². The Morgan fingerprint density at radius 3 is 2.83 bits per heavy atom. The molecule has 1 fully saturated rings. The number of nitrogen functional groups attached to an aromatic ring is 1. The van der Waals surface area contributed by atoms with E-state index in [0.29, 0.717) is 5.82 Å². The molecule has 3 N–H and O–H groups in total. The van der Waals surface area contributed by atoms with Crippen LogP contribution in [0.1, 0.15) is 19.8 Å². The zero-order valence-electron chi connectivity index (χ0n) is 11.1. The van der Waals surface area contributed by atoms with Crippen molar-refractivity contribution in [3.05, 3.63) is 0 Å². The highest BCUT2D eigenvalue weighted by Gasteiger charge is 2.19. The normalized spacial score (nSPS) is 18.1. The maximum atomic E-state index is 5.83. The molecular formula is C12H22N4S2. The fourth-order valence-electron chi connectivity index (χ4n) is 2.35. The Kier molecular flexibility index (Phi) is 5.14. The molecule has 0 bridgehead atoms. The third-order valence-electron chi connectivity index (χ3n) is 3.58. The monoisotopic (exact) mass is 286 g/mol. The largest absolute Gasteiger partial charge is 0.382 e. The highest BCUT2D eigenvalue weighted by atomic mass is 32.2. The second kappa shape index (κ2) is 6.63. The molecule has 0 atom stereocenters. The third-order valence-corrected chi connectivity index (χ3v) is 5.35. The van der Waals surface area contributed by atoms with Crippen molar-refractivity contribution in [3.8, 4) is 0 Å². The molecule has 0 saturated carbocycles. The van der Waals surface area contributed by atoms with Gasteiger partial charge in [0, 0.05) is 6.54 Å². The number of hydrogen-bond donors (Lipinski definition) is 2. The summed E-state index contributed by atoms with van der Waals surface area (Å²) in [5.74, 6) is 1.45. The van der Waals surface area contributed by atoms with Crippen molar-refractivity contribution in [2.45, 2.75) is 24.7 Å². The summed E-state index contributed by atoms with van der Waals surface area (Å²) in [4.78, 5) is 3.63. The van der Waals surface area contributed by atoms with Crippen LogP contribution in [0.4, 0.5) is 10.8 Å². The Morgan fingerprint density at radius 2 is 2.22 bits per heavy atom. The summed E-state index contributed by atoms with van der Waals surface area (Å²) < 4.78 is 4.20. The van der Waals surface area contributed by atoms with E-state index in [4.69, 9.17) is 5.73 Å². The summed E-state index contributed by atoms with van der Waals surface area (Å²) in [5, 5.41) is 4.66. The molecule has 0 unspecified atom stereocenters. The van der Waals surface area contributed by atoms with Gasteiger partial charge >= 0.3 is 0 Å². The van der Waals surface area contributed by atoms with Crippen molar-refractivity contribution in [3.63, 3.8) is 0 Å². The van der Waals surface area contributed by atoms with E-state index in [-0.39, 0.29) is 0 Å². The Labute approximate surface area is 117 Å². The van der Waals surface area contributed by atoms with E-state index in [1.807, 2.05) is 6.26 Å². The average Bonchev–Trinajstić information content (AvgIpc) is 2.77. The van der Waals surface area contributed by atoms with Gasteiger partial charge in [0.1, 0.15) is 5.00 Å². The van der Waals surface area contributed by atoms with Gasteiger partial charge in [-0.2, -0.15) is 4.37 Å². The fraction of sp³-hybridized carbons (Fsp3) is 0.750. The van der Waals surface area contributed by atoms with Crippen LogP contribution in [0.2, 0.25) is 0 Å². The molecule has 2 heterocycles. The maximum absolute atomic E-state index is 5.83. The molecule has 102 valence electrons. The topological polar surface area (TPSA) is 54.2 Å². The molecule has 1 saturated heterocycles. The lowest BCUT2D eigenvalue weighted by Gasteiger charge is -2.31. The minimum atomic E-state index is 0.663. The summed E-state index contributed by atoms with van der Waals surface area (Å²) in [6.45, 7) is 6.95. The van der Waals surface area contributed by atoms with E-state index in [1.165, 1.54) is 44.0 Å². The van der Waals surface area contributed by atoms with Crippen molar-refractivity contribution in [1.29, 1.82) is 0 Å². The Hall–Kier alpha value is -0.460. The summed E-state index contributed by atoms with van der Waals surface area (Å²) >= 11 is 3.15. The van der Waals surface area contributed by atoms with Crippen LogP contribution in [0.25, 0.3) is 0 Å². The summed E-state index contributed by atoms with van der Waals surface area (Å²) in [5.41, 5.74) is 5.83. The Morgan fingerprint density at radius 1 is 1.50 bits per heavy atom. The lowest BCUT2D eigenvalue weighted by Crippen LogP contribution is -2.35. The Balaban J connectivity index is 1.81. The van der Waals surface area contributed by atoms with Crippen LogP contribution in [-0.4, -0.2) is 41.7 Å². The first-order valence-corrected chi connectivity index (χ1v) is 8.49. The molecule has 0 aromatic carbocycles. The molecule has 4 nitrogen and oxygen atoms in total. The number of nitrogens with one attached hydrogen (secondary N) is 1. The van der Waals surface area contributed by atoms with E-state index in [9.17, 15) is 0 Å². The molecular weight excluding hydrogens is 264 g/mol. The molecule has 1 aliphatic heterocycles. The molecule has 0 amide bonds. The van der Waals surface area contributed by atoms with Crippen LogP contribution >= 0.6 is 23.3 Å². The number of rotatable bonds is 5. The molecule has 1 aromatic heterocycles. The van der Waals surface area contributed by atoms with Gasteiger partial charge in [0.05, 0.1) is 4.90 Å². The SMILES string of the molecule is CCN1CCC(CNc2snc(N)c2SC)CC1. The van der Waals surface area contributed by atoms with Crippen LogP contribution in [0.3, 0.4) is 0 Å². The van der Waals surface area contributed by atoms with Gasteiger partial charge in [0.2, 0.25) is 0 Å². The predicted octanol–water partition coefficient (Wildman–Crippen LogP) is 2.59. The maximum Gasteiger partial charge on any atom is 0.153 e. The molecule has 1 aliphatic rings. The number of anilines is 2. The average molecular weight is 286 g/mol. The van der Waals surface area contributed by atoms with Gasteiger partial charge in [-0.3, -0.25) is 0 Å². The zero-order valence-corrected chi connectivity index (χ0v) is 12.7. The van der Waals surface area contributed by atoms with Crippen molar-refractivity contribution in [2.75, 3.05) is 43.5 Å². The van der Waals surface area contributed by atoms with Gasteiger partial charge in [-0.25, -0.2) is 0 Å². The summed E-state index contributed by atoms with van der Waals surface area (Å²) in [7, 11) is 0. The van der Waals surface area contributed by atoms with Crippen LogP contribution < -0.4 is 11.1 Å². The van der Waals surface area contributed by atoms with Gasteiger partial charge < -0.3 is 16.0 Å². The lowest BCUT2D eigenvalue weighted by molar-refractivity contribution is 0.198. The number of aromatic nitrogens is 1. The van der Waals surface area contributed by atoms with Crippen LogP contribution in [0, 0.1) is 5.92 Å². The quantitative estimate of drug-likeness (QED) is 0.815. The molecule has 0 spiro atoms. The van der Waals surface area contributed by atoms with Gasteiger partial charge in [-0.05, 0) is 56.2 Å². The number of piperidine rings is 1. The van der Waals surface area contributed by atoms with Crippen molar-refractivity contribution in [2.24, 2.45) is 5.92 Å². The molecule has 0 aliphatic carbocycles.